The van der Waals surface area contributed by atoms with E-state index >= 15 is 0 Å². The Morgan fingerprint density at radius 2 is 1.54 bits per heavy atom. The summed E-state index contributed by atoms with van der Waals surface area (Å²) in [6.07, 6.45) is 10.5. The summed E-state index contributed by atoms with van der Waals surface area (Å²) < 4.78 is 2.11. The molecule has 28 heavy (non-hydrogen) atoms. The lowest BCUT2D eigenvalue weighted by atomic mass is 9.96. The number of rotatable bonds is 14. The normalized spacial score (nSPS) is 14.1. The molecule has 1 heterocycles. The quantitative estimate of drug-likeness (QED) is 0.375. The van der Waals surface area contributed by atoms with E-state index in [4.69, 9.17) is 0 Å². The summed E-state index contributed by atoms with van der Waals surface area (Å²) in [4.78, 5) is 2.65. The van der Waals surface area contributed by atoms with Crippen molar-refractivity contribution >= 4 is 11.0 Å². The predicted octanol–water partition coefficient (Wildman–Crippen LogP) is 6.43. The minimum atomic E-state index is 0.778. The second-order valence-electron chi connectivity index (χ2n) is 8.59. The summed E-state index contributed by atoms with van der Waals surface area (Å²) >= 11 is 0. The minimum absolute atomic E-state index is 0.778. The predicted molar refractivity (Wildman–Crippen MR) is 120 cm³/mol. The number of hydrogen-bond acceptors (Lipinski definition) is 3. The van der Waals surface area contributed by atoms with Gasteiger partial charge in [0.1, 0.15) is 5.52 Å². The van der Waals surface area contributed by atoms with E-state index < -0.39 is 0 Å². The molecule has 4 nitrogen and oxygen atoms in total. The first-order chi connectivity index (χ1) is 13.6. The molecule has 1 aromatic carbocycles. The number of benzene rings is 1. The first-order valence-corrected chi connectivity index (χ1v) is 11.6. The zero-order valence-electron chi connectivity index (χ0n) is 19.0. The summed E-state index contributed by atoms with van der Waals surface area (Å²) in [5.74, 6) is 1.56. The first kappa shape index (κ1) is 22.9. The van der Waals surface area contributed by atoms with Gasteiger partial charge in [-0.25, -0.2) is 4.68 Å². The maximum absolute atomic E-state index is 4.49. The van der Waals surface area contributed by atoms with E-state index in [2.05, 4.69) is 72.7 Å². The van der Waals surface area contributed by atoms with E-state index in [1.54, 1.807) is 0 Å². The molecule has 0 aliphatic rings. The van der Waals surface area contributed by atoms with Crippen molar-refractivity contribution in [3.05, 3.63) is 23.8 Å². The summed E-state index contributed by atoms with van der Waals surface area (Å²) in [5, 5.41) is 8.91. The van der Waals surface area contributed by atoms with Crippen LogP contribution in [0, 0.1) is 18.8 Å². The van der Waals surface area contributed by atoms with Crippen molar-refractivity contribution < 1.29 is 0 Å². The van der Waals surface area contributed by atoms with Crippen LogP contribution in [0.4, 0.5) is 0 Å². The SMILES string of the molecule is CCCC[C@@H](CC)CN(C[C@H](CC)CCCC)Cn1nnc2cc(C)ccc21. The van der Waals surface area contributed by atoms with Gasteiger partial charge in [-0.15, -0.1) is 5.10 Å². The molecule has 2 atom stereocenters. The van der Waals surface area contributed by atoms with Gasteiger partial charge in [0.2, 0.25) is 0 Å². The second kappa shape index (κ2) is 12.2. The summed E-state index contributed by atoms with van der Waals surface area (Å²) in [6.45, 7) is 14.6. The van der Waals surface area contributed by atoms with Crippen LogP contribution in [0.2, 0.25) is 0 Å². The molecule has 0 aliphatic carbocycles. The van der Waals surface area contributed by atoms with E-state index in [1.807, 2.05) is 0 Å². The molecule has 0 radical (unpaired) electrons. The summed E-state index contributed by atoms with van der Waals surface area (Å²) in [5.41, 5.74) is 3.41. The number of aromatic nitrogens is 3. The molecule has 0 bridgehead atoms. The summed E-state index contributed by atoms with van der Waals surface area (Å²) in [6, 6.07) is 6.47. The molecule has 1 aromatic heterocycles. The number of fused-ring (bicyclic) bond motifs is 1. The first-order valence-electron chi connectivity index (χ1n) is 11.6. The fraction of sp³-hybridized carbons (Fsp3) is 0.750. The Bertz CT molecular complexity index is 660. The lowest BCUT2D eigenvalue weighted by Crippen LogP contribution is -2.36. The van der Waals surface area contributed by atoms with Crippen LogP contribution in [0.1, 0.15) is 84.6 Å². The molecule has 0 unspecified atom stereocenters. The highest BCUT2D eigenvalue weighted by molar-refractivity contribution is 5.74. The van der Waals surface area contributed by atoms with Crippen LogP contribution in [0.25, 0.3) is 11.0 Å². The van der Waals surface area contributed by atoms with Crippen LogP contribution in [0.15, 0.2) is 18.2 Å². The smallest absolute Gasteiger partial charge is 0.113 e. The van der Waals surface area contributed by atoms with Crippen molar-refractivity contribution in [3.63, 3.8) is 0 Å². The number of unbranched alkanes of at least 4 members (excludes halogenated alkanes) is 2. The third-order valence-corrected chi connectivity index (χ3v) is 6.12. The van der Waals surface area contributed by atoms with Gasteiger partial charge >= 0.3 is 0 Å². The highest BCUT2D eigenvalue weighted by atomic mass is 15.5. The molecule has 0 saturated heterocycles. The monoisotopic (exact) mass is 386 g/mol. The van der Waals surface area contributed by atoms with Crippen molar-refractivity contribution in [1.29, 1.82) is 0 Å². The lowest BCUT2D eigenvalue weighted by molar-refractivity contribution is 0.139. The van der Waals surface area contributed by atoms with Gasteiger partial charge in [0.15, 0.2) is 0 Å². The van der Waals surface area contributed by atoms with E-state index in [0.717, 1.165) is 29.5 Å². The third-order valence-electron chi connectivity index (χ3n) is 6.12. The Morgan fingerprint density at radius 1 is 0.929 bits per heavy atom. The molecule has 2 rings (SSSR count). The molecule has 0 spiro atoms. The van der Waals surface area contributed by atoms with Gasteiger partial charge in [0.25, 0.3) is 0 Å². The van der Waals surface area contributed by atoms with Crippen LogP contribution in [-0.4, -0.2) is 33.0 Å². The van der Waals surface area contributed by atoms with E-state index in [9.17, 15) is 0 Å². The molecule has 158 valence electrons. The van der Waals surface area contributed by atoms with Crippen molar-refractivity contribution in [1.82, 2.24) is 19.9 Å². The Hall–Kier alpha value is -1.42. The topological polar surface area (TPSA) is 34.0 Å². The molecule has 4 heteroatoms. The highest BCUT2D eigenvalue weighted by Crippen LogP contribution is 2.20. The van der Waals surface area contributed by atoms with Crippen LogP contribution in [0.3, 0.4) is 0 Å². The third kappa shape index (κ3) is 6.88. The van der Waals surface area contributed by atoms with E-state index in [1.165, 1.54) is 70.0 Å². The maximum atomic E-state index is 4.49. The van der Waals surface area contributed by atoms with Gasteiger partial charge in [-0.2, -0.15) is 0 Å². The lowest BCUT2D eigenvalue weighted by Gasteiger charge is -2.30. The van der Waals surface area contributed by atoms with Gasteiger partial charge < -0.3 is 0 Å². The molecule has 0 N–H and O–H groups in total. The van der Waals surface area contributed by atoms with Gasteiger partial charge in [-0.3, -0.25) is 4.90 Å². The molecule has 0 saturated carbocycles. The van der Waals surface area contributed by atoms with Gasteiger partial charge in [-0.1, -0.05) is 77.5 Å². The Morgan fingerprint density at radius 3 is 2.07 bits per heavy atom. The fourth-order valence-corrected chi connectivity index (χ4v) is 4.13. The number of nitrogens with zero attached hydrogens (tertiary/aromatic N) is 4. The Kier molecular flexibility index (Phi) is 9.97. The zero-order valence-corrected chi connectivity index (χ0v) is 19.0. The van der Waals surface area contributed by atoms with Crippen molar-refractivity contribution in [2.24, 2.45) is 11.8 Å². The average Bonchev–Trinajstić information content (AvgIpc) is 3.09. The van der Waals surface area contributed by atoms with Gasteiger partial charge in [0.05, 0.1) is 12.2 Å². The summed E-state index contributed by atoms with van der Waals surface area (Å²) in [7, 11) is 0. The molecular formula is C24H42N4. The molecule has 0 fully saturated rings. The maximum Gasteiger partial charge on any atom is 0.113 e. The van der Waals surface area contributed by atoms with Gasteiger partial charge in [0, 0.05) is 13.1 Å². The average molecular weight is 387 g/mol. The van der Waals surface area contributed by atoms with Crippen LogP contribution >= 0.6 is 0 Å². The number of aryl methyl sites for hydroxylation is 1. The Balaban J connectivity index is 2.15. The van der Waals surface area contributed by atoms with E-state index in [-0.39, 0.29) is 0 Å². The molecular weight excluding hydrogens is 344 g/mol. The minimum Gasteiger partial charge on any atom is -0.284 e. The highest BCUT2D eigenvalue weighted by Gasteiger charge is 2.18. The zero-order chi connectivity index (χ0) is 20.4. The fourth-order valence-electron chi connectivity index (χ4n) is 4.13. The van der Waals surface area contributed by atoms with Crippen molar-refractivity contribution in [2.45, 2.75) is 92.7 Å². The molecule has 0 amide bonds. The molecule has 0 aliphatic heterocycles. The molecule has 2 aromatic rings. The standard InChI is InChI=1S/C24H42N4/c1-6-10-12-21(8-3)17-27(18-22(9-4)13-11-7-2)19-28-24-15-14-20(5)16-23(24)25-26-28/h14-16,21-22H,6-13,17-19H2,1-5H3/t21-,22-/m1/s1. The number of hydrogen-bond donors (Lipinski definition) is 0. The largest absolute Gasteiger partial charge is 0.284 e. The van der Waals surface area contributed by atoms with E-state index in [0.29, 0.717) is 0 Å². The van der Waals surface area contributed by atoms with Crippen LogP contribution in [0.5, 0.6) is 0 Å². The second-order valence-corrected chi connectivity index (χ2v) is 8.59. The van der Waals surface area contributed by atoms with Crippen molar-refractivity contribution in [2.75, 3.05) is 13.1 Å². The Labute approximate surface area is 172 Å². The van der Waals surface area contributed by atoms with Crippen LogP contribution in [-0.2, 0) is 6.67 Å². The van der Waals surface area contributed by atoms with Gasteiger partial charge in [-0.05, 0) is 49.3 Å². The van der Waals surface area contributed by atoms with Crippen LogP contribution < -0.4 is 0 Å². The van der Waals surface area contributed by atoms with Crippen molar-refractivity contribution in [3.8, 4) is 0 Å².